The standard InChI is InChI=1S/C26H24N6O2/c33-23-10-7-18-14-29-26(30-19-8-5-16(6-9-19)17-11-12-27-13-17)31-25(18)32(23)22-15-28-21-4-2-1-3-20(21)24(22)34/h1-10,14,17,22,27-28H,11-13,15H2,(H,29,30,31). The van der Waals surface area contributed by atoms with Crippen LogP contribution in [0.3, 0.4) is 0 Å². The van der Waals surface area contributed by atoms with Gasteiger partial charge in [0, 0.05) is 47.7 Å². The predicted molar refractivity (Wildman–Crippen MR) is 132 cm³/mol. The van der Waals surface area contributed by atoms with Crippen molar-refractivity contribution in [3.63, 3.8) is 0 Å². The van der Waals surface area contributed by atoms with E-state index in [0.717, 1.165) is 30.9 Å². The molecule has 4 aromatic rings. The van der Waals surface area contributed by atoms with Crippen LogP contribution in [-0.4, -0.2) is 40.0 Å². The number of nitrogens with zero attached hydrogens (tertiary/aromatic N) is 3. The molecule has 0 bridgehead atoms. The first-order valence-electron chi connectivity index (χ1n) is 11.5. The second kappa shape index (κ2) is 8.39. The maximum Gasteiger partial charge on any atom is 0.252 e. The smallest absolute Gasteiger partial charge is 0.252 e. The topological polar surface area (TPSA) is 101 Å². The van der Waals surface area contributed by atoms with E-state index < -0.39 is 6.04 Å². The molecule has 0 amide bonds. The molecular formula is C26H24N6O2. The molecule has 2 aromatic heterocycles. The number of fused-ring (bicyclic) bond motifs is 2. The highest BCUT2D eigenvalue weighted by Gasteiger charge is 2.30. The molecule has 0 radical (unpaired) electrons. The Morgan fingerprint density at radius 3 is 2.65 bits per heavy atom. The fourth-order valence-electron chi connectivity index (χ4n) is 4.85. The molecule has 2 unspecified atom stereocenters. The minimum Gasteiger partial charge on any atom is -0.382 e. The molecule has 4 heterocycles. The van der Waals surface area contributed by atoms with Crippen LogP contribution in [0.5, 0.6) is 0 Å². The predicted octanol–water partition coefficient (Wildman–Crippen LogP) is 3.46. The number of rotatable bonds is 4. The van der Waals surface area contributed by atoms with Crippen LogP contribution >= 0.6 is 0 Å². The lowest BCUT2D eigenvalue weighted by Crippen LogP contribution is -2.38. The summed E-state index contributed by atoms with van der Waals surface area (Å²) in [4.78, 5) is 35.3. The van der Waals surface area contributed by atoms with Crippen LogP contribution in [0.4, 0.5) is 17.3 Å². The van der Waals surface area contributed by atoms with Gasteiger partial charge in [-0.1, -0.05) is 24.3 Å². The Morgan fingerprint density at radius 2 is 1.82 bits per heavy atom. The minimum atomic E-state index is -0.687. The summed E-state index contributed by atoms with van der Waals surface area (Å²) < 4.78 is 1.48. The Labute approximate surface area is 196 Å². The molecule has 2 atom stereocenters. The van der Waals surface area contributed by atoms with Gasteiger partial charge in [-0.05, 0) is 54.8 Å². The zero-order chi connectivity index (χ0) is 23.1. The number of nitrogens with one attached hydrogen (secondary N) is 3. The Bertz CT molecular complexity index is 1440. The molecule has 8 heteroatoms. The molecule has 0 spiro atoms. The zero-order valence-corrected chi connectivity index (χ0v) is 18.5. The van der Waals surface area contributed by atoms with Gasteiger partial charge in [0.1, 0.15) is 11.7 Å². The molecular weight excluding hydrogens is 428 g/mol. The molecule has 6 rings (SSSR count). The van der Waals surface area contributed by atoms with Crippen LogP contribution in [0.25, 0.3) is 11.0 Å². The summed E-state index contributed by atoms with van der Waals surface area (Å²) in [6.07, 6.45) is 2.82. The summed E-state index contributed by atoms with van der Waals surface area (Å²) in [6.45, 7) is 2.39. The average molecular weight is 453 g/mol. The Kier molecular flexibility index (Phi) is 5.07. The number of para-hydroxylation sites is 1. The Morgan fingerprint density at radius 1 is 0.971 bits per heavy atom. The van der Waals surface area contributed by atoms with Gasteiger partial charge in [-0.2, -0.15) is 4.98 Å². The summed E-state index contributed by atoms with van der Waals surface area (Å²) >= 11 is 0. The number of pyridine rings is 1. The van der Waals surface area contributed by atoms with Crippen LogP contribution in [0.2, 0.25) is 0 Å². The lowest BCUT2D eigenvalue weighted by atomic mass is 9.97. The number of hydrogen-bond acceptors (Lipinski definition) is 7. The van der Waals surface area contributed by atoms with E-state index in [9.17, 15) is 9.59 Å². The highest BCUT2D eigenvalue weighted by atomic mass is 16.1. The van der Waals surface area contributed by atoms with Gasteiger partial charge < -0.3 is 16.0 Å². The van der Waals surface area contributed by atoms with E-state index >= 15 is 0 Å². The maximum atomic E-state index is 13.3. The fourth-order valence-corrected chi connectivity index (χ4v) is 4.85. The van der Waals surface area contributed by atoms with Gasteiger partial charge in [0.25, 0.3) is 5.56 Å². The van der Waals surface area contributed by atoms with E-state index in [1.165, 1.54) is 16.2 Å². The first kappa shape index (κ1) is 20.6. The van der Waals surface area contributed by atoms with E-state index in [1.807, 2.05) is 30.3 Å². The third-order valence-electron chi connectivity index (χ3n) is 6.66. The zero-order valence-electron chi connectivity index (χ0n) is 18.5. The normalized spacial score (nSPS) is 19.6. The van der Waals surface area contributed by atoms with Gasteiger partial charge in [0.05, 0.1) is 0 Å². The third-order valence-corrected chi connectivity index (χ3v) is 6.66. The van der Waals surface area contributed by atoms with E-state index in [1.54, 1.807) is 18.3 Å². The lowest BCUT2D eigenvalue weighted by molar-refractivity contribution is 0.0927. The van der Waals surface area contributed by atoms with Gasteiger partial charge in [-0.15, -0.1) is 0 Å². The van der Waals surface area contributed by atoms with Crippen molar-refractivity contribution in [3.8, 4) is 0 Å². The van der Waals surface area contributed by atoms with Crippen molar-refractivity contribution in [1.29, 1.82) is 0 Å². The Balaban J connectivity index is 1.34. The maximum absolute atomic E-state index is 13.3. The second-order valence-corrected chi connectivity index (χ2v) is 8.76. The Hall–Kier alpha value is -4.04. The van der Waals surface area contributed by atoms with Crippen molar-refractivity contribution in [2.45, 2.75) is 18.4 Å². The third kappa shape index (κ3) is 3.62. The highest BCUT2D eigenvalue weighted by Crippen LogP contribution is 2.28. The summed E-state index contributed by atoms with van der Waals surface area (Å²) in [5.74, 6) is 0.819. The molecule has 170 valence electrons. The van der Waals surface area contributed by atoms with Gasteiger partial charge in [0.15, 0.2) is 5.78 Å². The summed E-state index contributed by atoms with van der Waals surface area (Å²) in [7, 11) is 0. The first-order valence-corrected chi connectivity index (χ1v) is 11.5. The van der Waals surface area contributed by atoms with Crippen molar-refractivity contribution in [1.82, 2.24) is 19.9 Å². The number of anilines is 3. The number of carbonyl (C=O) groups is 1. The van der Waals surface area contributed by atoms with E-state index in [2.05, 4.69) is 38.1 Å². The van der Waals surface area contributed by atoms with Crippen molar-refractivity contribution < 1.29 is 4.79 Å². The van der Waals surface area contributed by atoms with Gasteiger partial charge in [-0.25, -0.2) is 4.98 Å². The number of aromatic nitrogens is 3. The van der Waals surface area contributed by atoms with Crippen LogP contribution in [0.15, 0.2) is 71.7 Å². The second-order valence-electron chi connectivity index (χ2n) is 8.76. The summed E-state index contributed by atoms with van der Waals surface area (Å²) in [5, 5.41) is 10.6. The quantitative estimate of drug-likeness (QED) is 0.436. The average Bonchev–Trinajstić information content (AvgIpc) is 3.41. The van der Waals surface area contributed by atoms with E-state index in [0.29, 0.717) is 35.0 Å². The molecule has 34 heavy (non-hydrogen) atoms. The molecule has 2 aromatic carbocycles. The van der Waals surface area contributed by atoms with Crippen LogP contribution in [-0.2, 0) is 0 Å². The molecule has 2 aliphatic heterocycles. The molecule has 1 saturated heterocycles. The monoisotopic (exact) mass is 452 g/mol. The van der Waals surface area contributed by atoms with Gasteiger partial charge >= 0.3 is 0 Å². The van der Waals surface area contributed by atoms with Gasteiger partial charge in [-0.3, -0.25) is 14.2 Å². The SMILES string of the molecule is O=C1c2ccccc2NCC1n1c(=O)ccc2cnc(Nc3ccc(C4CCNC4)cc3)nc21. The lowest BCUT2D eigenvalue weighted by Gasteiger charge is -2.27. The first-order chi connectivity index (χ1) is 16.7. The molecule has 1 fully saturated rings. The molecule has 0 saturated carbocycles. The minimum absolute atomic E-state index is 0.103. The number of hydrogen-bond donors (Lipinski definition) is 3. The van der Waals surface area contributed by atoms with Crippen molar-refractivity contribution in [2.75, 3.05) is 30.3 Å². The summed E-state index contributed by atoms with van der Waals surface area (Å²) in [5.41, 5.74) is 3.69. The molecule has 3 N–H and O–H groups in total. The van der Waals surface area contributed by atoms with Crippen molar-refractivity contribution in [3.05, 3.63) is 88.3 Å². The van der Waals surface area contributed by atoms with Crippen molar-refractivity contribution in [2.24, 2.45) is 0 Å². The summed E-state index contributed by atoms with van der Waals surface area (Å²) in [6, 6.07) is 18.1. The van der Waals surface area contributed by atoms with Crippen LogP contribution in [0.1, 0.15) is 34.3 Å². The molecule has 2 aliphatic rings. The van der Waals surface area contributed by atoms with E-state index in [-0.39, 0.29) is 11.3 Å². The number of benzene rings is 2. The number of carbonyl (C=O) groups excluding carboxylic acids is 1. The van der Waals surface area contributed by atoms with Crippen LogP contribution < -0.4 is 21.5 Å². The van der Waals surface area contributed by atoms with Crippen LogP contribution in [0, 0.1) is 0 Å². The molecule has 8 nitrogen and oxygen atoms in total. The van der Waals surface area contributed by atoms with Gasteiger partial charge in [0.2, 0.25) is 5.95 Å². The number of ketones is 1. The molecule has 0 aliphatic carbocycles. The largest absolute Gasteiger partial charge is 0.382 e. The van der Waals surface area contributed by atoms with Crippen molar-refractivity contribution >= 4 is 34.1 Å². The van der Waals surface area contributed by atoms with E-state index in [4.69, 9.17) is 0 Å². The fraction of sp³-hybridized carbons (Fsp3) is 0.231. The highest BCUT2D eigenvalue weighted by molar-refractivity contribution is 6.06. The number of Topliss-reactive ketones (excluding diaryl/α,β-unsaturated/α-hetero) is 1.